The van der Waals surface area contributed by atoms with Crippen LogP contribution < -0.4 is 4.74 Å². The molecule has 3 aromatic rings. The van der Waals surface area contributed by atoms with E-state index in [4.69, 9.17) is 4.74 Å². The first-order valence-corrected chi connectivity index (χ1v) is 10.7. The Hall–Kier alpha value is -2.57. The van der Waals surface area contributed by atoms with Gasteiger partial charge < -0.3 is 9.30 Å². The Labute approximate surface area is 177 Å². The molecular weight excluding hydrogens is 380 g/mol. The molecule has 1 aromatic heterocycles. The van der Waals surface area contributed by atoms with Crippen LogP contribution in [0.15, 0.2) is 71.4 Å². The van der Waals surface area contributed by atoms with Crippen LogP contribution in [0.1, 0.15) is 18.3 Å². The number of likely N-dealkylation sites (N-methyl/N-ethyl adjacent to an activating group) is 1. The van der Waals surface area contributed by atoms with E-state index in [2.05, 4.69) is 64.0 Å². The molecule has 0 amide bonds. The lowest BCUT2D eigenvalue weighted by atomic mass is 10.1. The number of rotatable bonds is 10. The highest BCUT2D eigenvalue weighted by atomic mass is 32.2. The van der Waals surface area contributed by atoms with Crippen LogP contribution in [0.4, 0.5) is 0 Å². The molecule has 0 aliphatic carbocycles. The summed E-state index contributed by atoms with van der Waals surface area (Å²) >= 11 is 1.66. The standard InChI is InChI=1S/C23H28N4OS/c1-19(16-20-10-6-4-7-11-20)17-26(2)18-22-24-25-23(27(22)3)29-15-14-28-21-12-8-5-9-13-21/h4-13,16H,14-15,17-18H2,1-3H3/b19-16+. The Morgan fingerprint density at radius 3 is 2.48 bits per heavy atom. The van der Waals surface area contributed by atoms with Gasteiger partial charge in [0.15, 0.2) is 5.16 Å². The Morgan fingerprint density at radius 1 is 1.07 bits per heavy atom. The van der Waals surface area contributed by atoms with Crippen LogP contribution in [0.5, 0.6) is 5.75 Å². The van der Waals surface area contributed by atoms with E-state index < -0.39 is 0 Å². The molecule has 152 valence electrons. The third kappa shape index (κ3) is 6.76. The smallest absolute Gasteiger partial charge is 0.191 e. The highest BCUT2D eigenvalue weighted by Gasteiger charge is 2.11. The quantitative estimate of drug-likeness (QED) is 0.364. The third-order valence-corrected chi connectivity index (χ3v) is 5.38. The van der Waals surface area contributed by atoms with Crippen molar-refractivity contribution in [3.8, 4) is 5.75 Å². The first-order valence-electron chi connectivity index (χ1n) is 9.71. The van der Waals surface area contributed by atoms with Crippen LogP contribution in [0.25, 0.3) is 6.08 Å². The van der Waals surface area contributed by atoms with Crippen LogP contribution in [0.3, 0.4) is 0 Å². The normalized spacial score (nSPS) is 11.8. The molecule has 0 atom stereocenters. The fraction of sp³-hybridized carbons (Fsp3) is 0.304. The van der Waals surface area contributed by atoms with Gasteiger partial charge in [0.1, 0.15) is 11.6 Å². The number of nitrogens with zero attached hydrogens (tertiary/aromatic N) is 4. The van der Waals surface area contributed by atoms with Gasteiger partial charge in [-0.1, -0.05) is 71.9 Å². The zero-order valence-electron chi connectivity index (χ0n) is 17.3. The predicted molar refractivity (Wildman–Crippen MR) is 120 cm³/mol. The van der Waals surface area contributed by atoms with Crippen molar-refractivity contribution in [3.63, 3.8) is 0 Å². The molecule has 6 heteroatoms. The number of para-hydroxylation sites is 1. The largest absolute Gasteiger partial charge is 0.493 e. The van der Waals surface area contributed by atoms with Gasteiger partial charge in [0.05, 0.1) is 13.2 Å². The van der Waals surface area contributed by atoms with Crippen LogP contribution in [-0.4, -0.2) is 45.6 Å². The molecule has 0 radical (unpaired) electrons. The average Bonchev–Trinajstić information content (AvgIpc) is 3.06. The summed E-state index contributed by atoms with van der Waals surface area (Å²) in [6, 6.07) is 20.3. The second-order valence-electron chi connectivity index (χ2n) is 7.04. The minimum Gasteiger partial charge on any atom is -0.493 e. The summed E-state index contributed by atoms with van der Waals surface area (Å²) in [5, 5.41) is 9.63. The van der Waals surface area contributed by atoms with Crippen molar-refractivity contribution in [2.45, 2.75) is 18.6 Å². The van der Waals surface area contributed by atoms with Crippen LogP contribution in [0, 0.1) is 0 Å². The second-order valence-corrected chi connectivity index (χ2v) is 8.10. The van der Waals surface area contributed by atoms with Crippen molar-refractivity contribution in [3.05, 3.63) is 77.6 Å². The summed E-state index contributed by atoms with van der Waals surface area (Å²) in [5.74, 6) is 2.69. The molecule has 1 heterocycles. The van der Waals surface area contributed by atoms with Crippen LogP contribution in [0.2, 0.25) is 0 Å². The summed E-state index contributed by atoms with van der Waals surface area (Å²) in [7, 11) is 4.13. The summed E-state index contributed by atoms with van der Waals surface area (Å²) in [5.41, 5.74) is 2.54. The zero-order valence-corrected chi connectivity index (χ0v) is 18.1. The minimum atomic E-state index is 0.639. The van der Waals surface area contributed by atoms with Gasteiger partial charge in [-0.15, -0.1) is 10.2 Å². The highest BCUT2D eigenvalue weighted by Crippen LogP contribution is 2.17. The maximum atomic E-state index is 5.74. The average molecular weight is 409 g/mol. The fourth-order valence-electron chi connectivity index (χ4n) is 3.02. The predicted octanol–water partition coefficient (Wildman–Crippen LogP) is 4.52. The van der Waals surface area contributed by atoms with Crippen molar-refractivity contribution in [2.24, 2.45) is 7.05 Å². The molecule has 5 nitrogen and oxygen atoms in total. The van der Waals surface area contributed by atoms with Crippen molar-refractivity contribution in [1.29, 1.82) is 0 Å². The fourth-order valence-corrected chi connectivity index (χ4v) is 3.77. The van der Waals surface area contributed by atoms with Crippen LogP contribution in [-0.2, 0) is 13.6 Å². The van der Waals surface area contributed by atoms with E-state index in [9.17, 15) is 0 Å². The minimum absolute atomic E-state index is 0.639. The number of ether oxygens (including phenoxy) is 1. The van der Waals surface area contributed by atoms with Crippen LogP contribution >= 0.6 is 11.8 Å². The summed E-state index contributed by atoms with van der Waals surface area (Å²) in [6.07, 6.45) is 2.22. The summed E-state index contributed by atoms with van der Waals surface area (Å²) in [4.78, 5) is 2.26. The van der Waals surface area contributed by atoms with E-state index >= 15 is 0 Å². The highest BCUT2D eigenvalue weighted by molar-refractivity contribution is 7.99. The molecule has 0 saturated carbocycles. The topological polar surface area (TPSA) is 43.2 Å². The van der Waals surface area contributed by atoms with E-state index in [1.165, 1.54) is 11.1 Å². The number of hydrogen-bond donors (Lipinski definition) is 0. The molecule has 0 fully saturated rings. The summed E-state index contributed by atoms with van der Waals surface area (Å²) in [6.45, 7) is 4.44. The van der Waals surface area contributed by atoms with Gasteiger partial charge in [0.25, 0.3) is 0 Å². The Bertz CT molecular complexity index is 909. The van der Waals surface area contributed by atoms with E-state index in [1.54, 1.807) is 11.8 Å². The molecule has 0 aliphatic heterocycles. The van der Waals surface area contributed by atoms with Crippen molar-refractivity contribution >= 4 is 17.8 Å². The van der Waals surface area contributed by atoms with Crippen molar-refractivity contribution < 1.29 is 4.74 Å². The molecule has 0 saturated heterocycles. The molecular formula is C23H28N4OS. The van der Waals surface area contributed by atoms with Gasteiger partial charge in [-0.2, -0.15) is 0 Å². The Morgan fingerprint density at radius 2 is 1.76 bits per heavy atom. The summed E-state index contributed by atoms with van der Waals surface area (Å²) < 4.78 is 7.81. The second kappa shape index (κ2) is 10.8. The monoisotopic (exact) mass is 408 g/mol. The molecule has 29 heavy (non-hydrogen) atoms. The first kappa shape index (κ1) is 21.1. The van der Waals surface area contributed by atoms with Gasteiger partial charge in [-0.25, -0.2) is 0 Å². The van der Waals surface area contributed by atoms with Gasteiger partial charge in [0.2, 0.25) is 0 Å². The van der Waals surface area contributed by atoms with Gasteiger partial charge >= 0.3 is 0 Å². The van der Waals surface area contributed by atoms with Gasteiger partial charge in [-0.3, -0.25) is 4.90 Å². The lowest BCUT2D eigenvalue weighted by Gasteiger charge is -2.16. The molecule has 0 N–H and O–H groups in total. The Balaban J connectivity index is 1.46. The zero-order chi connectivity index (χ0) is 20.5. The third-order valence-electron chi connectivity index (χ3n) is 4.39. The molecule has 0 aliphatic rings. The molecule has 0 spiro atoms. The number of hydrogen-bond acceptors (Lipinski definition) is 5. The van der Waals surface area contributed by atoms with Gasteiger partial charge in [-0.05, 0) is 31.7 Å². The molecule has 0 bridgehead atoms. The maximum absolute atomic E-state index is 5.74. The molecule has 0 unspecified atom stereocenters. The first-order chi connectivity index (χ1) is 14.1. The van der Waals surface area contributed by atoms with E-state index in [-0.39, 0.29) is 0 Å². The van der Waals surface area contributed by atoms with Crippen molar-refractivity contribution in [2.75, 3.05) is 26.0 Å². The van der Waals surface area contributed by atoms with E-state index in [0.29, 0.717) is 6.61 Å². The lowest BCUT2D eigenvalue weighted by molar-refractivity contribution is 0.340. The van der Waals surface area contributed by atoms with Gasteiger partial charge in [0, 0.05) is 19.3 Å². The lowest BCUT2D eigenvalue weighted by Crippen LogP contribution is -2.22. The van der Waals surface area contributed by atoms with E-state index in [0.717, 1.165) is 35.6 Å². The number of thioether (sulfide) groups is 1. The molecule has 3 rings (SSSR count). The molecule has 2 aromatic carbocycles. The maximum Gasteiger partial charge on any atom is 0.191 e. The van der Waals surface area contributed by atoms with E-state index in [1.807, 2.05) is 43.4 Å². The number of aromatic nitrogens is 3. The Kier molecular flexibility index (Phi) is 7.90. The van der Waals surface area contributed by atoms with Crippen molar-refractivity contribution in [1.82, 2.24) is 19.7 Å². The SMILES string of the molecule is C/C(=C\c1ccccc1)CN(C)Cc1nnc(SCCOc2ccccc2)n1C. The number of benzene rings is 2.